The maximum Gasteiger partial charge on any atom is 0.510 e. The summed E-state index contributed by atoms with van der Waals surface area (Å²) in [6.45, 7) is 5.23. The molecule has 1 saturated heterocycles. The van der Waals surface area contributed by atoms with Gasteiger partial charge in [-0.3, -0.25) is 9.42 Å². The van der Waals surface area contributed by atoms with E-state index in [1.165, 1.54) is 24.1 Å². The SMILES string of the molecule is CC#C[C@]1(COP(=O)(OCOC(=O)OC(C)C)OCOC(=O)OC(C)C)O[C@@H](N2C=CC(N)NC2=O)C[C@@H]1O. The van der Waals surface area contributed by atoms with Gasteiger partial charge in [-0.2, -0.15) is 0 Å². The highest BCUT2D eigenvalue weighted by Crippen LogP contribution is 2.51. The van der Waals surface area contributed by atoms with Crippen LogP contribution in [0.3, 0.4) is 0 Å². The van der Waals surface area contributed by atoms with Gasteiger partial charge in [0.15, 0.2) is 5.60 Å². The van der Waals surface area contributed by atoms with Crippen LogP contribution in [0.25, 0.3) is 0 Å². The molecule has 1 unspecified atom stereocenters. The van der Waals surface area contributed by atoms with E-state index in [0.717, 1.165) is 0 Å². The van der Waals surface area contributed by atoms with E-state index in [2.05, 4.69) is 26.6 Å². The molecule has 16 nitrogen and oxygen atoms in total. The smallest absolute Gasteiger partial charge is 0.432 e. The van der Waals surface area contributed by atoms with Gasteiger partial charge in [0.05, 0.1) is 18.4 Å². The van der Waals surface area contributed by atoms with Gasteiger partial charge in [-0.15, -0.1) is 5.92 Å². The van der Waals surface area contributed by atoms with Gasteiger partial charge in [0.25, 0.3) is 0 Å². The Kier molecular flexibility index (Phi) is 12.0. The molecule has 2 amide bonds. The van der Waals surface area contributed by atoms with Crippen LogP contribution in [0.1, 0.15) is 41.0 Å². The van der Waals surface area contributed by atoms with Crippen molar-refractivity contribution in [1.82, 2.24) is 10.2 Å². The van der Waals surface area contributed by atoms with E-state index in [1.54, 1.807) is 27.7 Å². The van der Waals surface area contributed by atoms with Crippen LogP contribution < -0.4 is 11.1 Å². The highest BCUT2D eigenvalue weighted by Gasteiger charge is 2.51. The maximum absolute atomic E-state index is 13.3. The molecule has 39 heavy (non-hydrogen) atoms. The van der Waals surface area contributed by atoms with Crippen molar-refractivity contribution in [2.75, 3.05) is 20.2 Å². The lowest BCUT2D eigenvalue weighted by Crippen LogP contribution is -2.53. The summed E-state index contributed by atoms with van der Waals surface area (Å²) >= 11 is 0. The lowest BCUT2D eigenvalue weighted by molar-refractivity contribution is -0.103. The Balaban J connectivity index is 2.13. The molecule has 2 aliphatic rings. The van der Waals surface area contributed by atoms with Gasteiger partial charge in [-0.1, -0.05) is 5.92 Å². The van der Waals surface area contributed by atoms with Gasteiger partial charge >= 0.3 is 26.2 Å². The molecule has 17 heteroatoms. The molecule has 4 atom stereocenters. The number of phosphoric ester groups is 1. The van der Waals surface area contributed by atoms with E-state index >= 15 is 0 Å². The monoisotopic (exact) mass is 579 g/mol. The van der Waals surface area contributed by atoms with E-state index in [0.29, 0.717) is 0 Å². The Morgan fingerprint density at radius 1 is 1.18 bits per heavy atom. The molecule has 0 bridgehead atoms. The summed E-state index contributed by atoms with van der Waals surface area (Å²) in [6, 6.07) is -0.573. The Morgan fingerprint density at radius 3 is 2.23 bits per heavy atom. The number of carbonyl (C=O) groups excluding carboxylic acids is 3. The first kappa shape index (κ1) is 32.3. The normalized spacial score (nSPS) is 24.7. The van der Waals surface area contributed by atoms with Crippen molar-refractivity contribution >= 4 is 26.2 Å². The molecule has 2 heterocycles. The van der Waals surface area contributed by atoms with E-state index < -0.39 is 82.7 Å². The molecular weight excluding hydrogens is 545 g/mol. The quantitative estimate of drug-likeness (QED) is 0.131. The second-order valence-electron chi connectivity index (χ2n) is 8.65. The Labute approximate surface area is 225 Å². The van der Waals surface area contributed by atoms with Crippen LogP contribution in [0.2, 0.25) is 0 Å². The zero-order valence-electron chi connectivity index (χ0n) is 22.2. The number of aliphatic hydroxyl groups excluding tert-OH is 1. The van der Waals surface area contributed by atoms with Crippen molar-refractivity contribution in [2.24, 2.45) is 5.73 Å². The van der Waals surface area contributed by atoms with E-state index in [1.807, 2.05) is 0 Å². The van der Waals surface area contributed by atoms with Crippen LogP contribution in [-0.4, -0.2) is 84.8 Å². The van der Waals surface area contributed by atoms with Crippen LogP contribution in [0.5, 0.6) is 0 Å². The van der Waals surface area contributed by atoms with E-state index in [-0.39, 0.29) is 6.42 Å². The number of hydrogen-bond donors (Lipinski definition) is 3. The summed E-state index contributed by atoms with van der Waals surface area (Å²) in [5, 5.41) is 13.3. The van der Waals surface area contributed by atoms with Gasteiger partial charge < -0.3 is 39.8 Å². The molecule has 0 spiro atoms. The predicted octanol–water partition coefficient (Wildman–Crippen LogP) is 1.88. The average Bonchev–Trinajstić information content (AvgIpc) is 3.13. The van der Waals surface area contributed by atoms with Crippen molar-refractivity contribution < 1.29 is 61.3 Å². The Bertz CT molecular complexity index is 979. The minimum Gasteiger partial charge on any atom is -0.432 e. The first-order chi connectivity index (χ1) is 18.3. The molecular formula is C22H34N3O13P. The molecule has 220 valence electrons. The van der Waals surface area contributed by atoms with Gasteiger partial charge in [0.1, 0.15) is 18.9 Å². The predicted molar refractivity (Wildman–Crippen MR) is 130 cm³/mol. The second-order valence-corrected chi connectivity index (χ2v) is 10.3. The minimum absolute atomic E-state index is 0.0919. The molecule has 2 aliphatic heterocycles. The summed E-state index contributed by atoms with van der Waals surface area (Å²) < 4.78 is 53.5. The number of nitrogens with two attached hydrogens (primary N) is 1. The third-order valence-corrected chi connectivity index (χ3v) is 6.10. The number of carbonyl (C=O) groups is 3. The molecule has 2 rings (SSSR count). The molecule has 0 radical (unpaired) electrons. The lowest BCUT2D eigenvalue weighted by Gasteiger charge is -2.32. The topological polar surface area (TPSA) is 204 Å². The van der Waals surface area contributed by atoms with E-state index in [9.17, 15) is 24.1 Å². The summed E-state index contributed by atoms with van der Waals surface area (Å²) in [4.78, 5) is 36.7. The number of phosphoric acid groups is 1. The zero-order valence-corrected chi connectivity index (χ0v) is 23.1. The largest absolute Gasteiger partial charge is 0.510 e. The van der Waals surface area contributed by atoms with Crippen LogP contribution in [0.4, 0.5) is 14.4 Å². The van der Waals surface area contributed by atoms with Gasteiger partial charge in [0.2, 0.25) is 13.6 Å². The first-order valence-electron chi connectivity index (χ1n) is 11.8. The fourth-order valence-corrected chi connectivity index (χ4v) is 4.11. The van der Waals surface area contributed by atoms with Crippen molar-refractivity contribution in [3.8, 4) is 11.8 Å². The van der Waals surface area contributed by atoms with Crippen molar-refractivity contribution in [3.05, 3.63) is 12.3 Å². The second kappa shape index (κ2) is 14.5. The minimum atomic E-state index is -4.67. The fraction of sp³-hybridized carbons (Fsp3) is 0.682. The van der Waals surface area contributed by atoms with E-state index in [4.69, 9.17) is 33.5 Å². The number of rotatable bonds is 12. The van der Waals surface area contributed by atoms with Crippen LogP contribution in [-0.2, 0) is 41.8 Å². The molecule has 1 fully saturated rings. The van der Waals surface area contributed by atoms with Gasteiger partial charge in [0, 0.05) is 12.6 Å². The summed E-state index contributed by atoms with van der Waals surface area (Å²) in [7, 11) is -4.67. The molecule has 0 aromatic rings. The lowest BCUT2D eigenvalue weighted by atomic mass is 9.98. The third kappa shape index (κ3) is 9.97. The summed E-state index contributed by atoms with van der Waals surface area (Å²) in [5.74, 6) is 5.26. The zero-order chi connectivity index (χ0) is 29.2. The number of nitrogens with zero attached hydrogens (tertiary/aromatic N) is 1. The molecule has 0 aromatic heterocycles. The molecule has 0 aliphatic carbocycles. The van der Waals surface area contributed by atoms with Gasteiger partial charge in [-0.05, 0) is 40.7 Å². The molecule has 4 N–H and O–H groups in total. The van der Waals surface area contributed by atoms with Crippen molar-refractivity contribution in [2.45, 2.75) is 77.3 Å². The van der Waals surface area contributed by atoms with Gasteiger partial charge in [-0.25, -0.2) is 28.0 Å². The first-order valence-corrected chi connectivity index (χ1v) is 13.3. The highest BCUT2D eigenvalue weighted by atomic mass is 31.2. The van der Waals surface area contributed by atoms with Crippen LogP contribution in [0.15, 0.2) is 12.3 Å². The van der Waals surface area contributed by atoms with Crippen molar-refractivity contribution in [1.29, 1.82) is 0 Å². The third-order valence-electron chi connectivity index (χ3n) is 4.81. The maximum atomic E-state index is 13.3. The standard InChI is InChI=1S/C22H34N3O13P/c1-6-8-22(16(26)10-18(38-22)25-9-7-17(23)24-19(25)27)11-33-39(30,34-12-31-20(28)36-14(2)3)35-13-32-21(29)37-15(4)5/h7,9,14-18,26H,10-13,23H2,1-5H3,(H,24,27)/t16-,17?,18+,22+/m0/s1. The molecule has 0 saturated carbocycles. The number of nitrogens with one attached hydrogen (secondary N) is 1. The number of amides is 2. The molecule has 0 aromatic carbocycles. The number of hydrogen-bond acceptors (Lipinski definition) is 14. The number of urea groups is 1. The highest BCUT2D eigenvalue weighted by molar-refractivity contribution is 7.48. The number of aliphatic hydroxyl groups is 1. The average molecular weight is 579 g/mol. The number of ether oxygens (including phenoxy) is 5. The van der Waals surface area contributed by atoms with Crippen LogP contribution >= 0.6 is 7.82 Å². The fourth-order valence-electron chi connectivity index (χ4n) is 3.17. The summed E-state index contributed by atoms with van der Waals surface area (Å²) in [5.41, 5.74) is 3.87. The van der Waals surface area contributed by atoms with Crippen molar-refractivity contribution in [3.63, 3.8) is 0 Å². The summed E-state index contributed by atoms with van der Waals surface area (Å²) in [6.07, 6.45) is -3.42. The Hall–Kier alpha value is -2.90. The Morgan fingerprint density at radius 2 is 1.74 bits per heavy atom. The van der Waals surface area contributed by atoms with Crippen LogP contribution in [0, 0.1) is 11.8 Å².